The summed E-state index contributed by atoms with van der Waals surface area (Å²) in [5.74, 6) is 0. The van der Waals surface area contributed by atoms with Gasteiger partial charge in [-0.3, -0.25) is 4.90 Å². The maximum absolute atomic E-state index is 5.95. The lowest BCUT2D eigenvalue weighted by atomic mass is 10.0. The molecule has 0 atom stereocenters. The highest BCUT2D eigenvalue weighted by Gasteiger charge is 2.34. The molecule has 1 aromatic rings. The Morgan fingerprint density at radius 2 is 1.61 bits per heavy atom. The Bertz CT molecular complexity index is 380. The first-order valence-corrected chi connectivity index (χ1v) is 7.41. The molecule has 1 saturated heterocycles. The Kier molecular flexibility index (Phi) is 3.88. The summed E-state index contributed by atoms with van der Waals surface area (Å²) in [5, 5.41) is 4.29. The molecule has 1 heterocycles. The molecule has 0 bridgehead atoms. The number of rotatable bonds is 4. The van der Waals surface area contributed by atoms with E-state index in [1.54, 1.807) is 0 Å². The van der Waals surface area contributed by atoms with Crippen molar-refractivity contribution >= 4 is 11.6 Å². The van der Waals surface area contributed by atoms with Crippen molar-refractivity contribution in [3.63, 3.8) is 0 Å². The Morgan fingerprint density at radius 3 is 2.22 bits per heavy atom. The Balaban J connectivity index is 1.67. The average molecular weight is 265 g/mol. The summed E-state index contributed by atoms with van der Waals surface area (Å²) in [6.07, 6.45) is 5.36. The van der Waals surface area contributed by atoms with E-state index in [1.807, 2.05) is 12.1 Å². The highest BCUT2D eigenvalue weighted by atomic mass is 35.5. The highest BCUT2D eigenvalue weighted by Crippen LogP contribution is 2.32. The van der Waals surface area contributed by atoms with Crippen LogP contribution in [-0.2, 0) is 6.54 Å². The van der Waals surface area contributed by atoms with Gasteiger partial charge in [-0.1, -0.05) is 23.7 Å². The smallest absolute Gasteiger partial charge is 0.0406 e. The van der Waals surface area contributed by atoms with Crippen LogP contribution in [0.1, 0.15) is 31.2 Å². The van der Waals surface area contributed by atoms with E-state index in [-0.39, 0.29) is 0 Å². The molecule has 2 nitrogen and oxygen atoms in total. The predicted octanol–water partition coefficient (Wildman–Crippen LogP) is 3.06. The van der Waals surface area contributed by atoms with Crippen molar-refractivity contribution in [1.29, 1.82) is 0 Å². The fourth-order valence-corrected chi connectivity index (χ4v) is 3.03. The van der Waals surface area contributed by atoms with E-state index in [9.17, 15) is 0 Å². The molecule has 0 radical (unpaired) electrons. The summed E-state index contributed by atoms with van der Waals surface area (Å²) < 4.78 is 0. The van der Waals surface area contributed by atoms with E-state index >= 15 is 0 Å². The number of benzene rings is 1. The van der Waals surface area contributed by atoms with Crippen LogP contribution in [0.25, 0.3) is 0 Å². The molecule has 1 aliphatic heterocycles. The fourth-order valence-electron chi connectivity index (χ4n) is 2.90. The number of halogens is 1. The highest BCUT2D eigenvalue weighted by molar-refractivity contribution is 6.30. The van der Waals surface area contributed by atoms with Crippen molar-refractivity contribution in [2.45, 2.75) is 44.3 Å². The molecule has 0 amide bonds. The van der Waals surface area contributed by atoms with Gasteiger partial charge in [0.25, 0.3) is 0 Å². The number of hydrogen-bond donors (Lipinski definition) is 1. The Labute approximate surface area is 114 Å². The third kappa shape index (κ3) is 3.05. The molecule has 1 aliphatic carbocycles. The zero-order chi connectivity index (χ0) is 12.4. The van der Waals surface area contributed by atoms with Crippen molar-refractivity contribution < 1.29 is 0 Å². The molecule has 0 unspecified atom stereocenters. The van der Waals surface area contributed by atoms with Crippen LogP contribution in [0.15, 0.2) is 24.3 Å². The van der Waals surface area contributed by atoms with Crippen LogP contribution in [0, 0.1) is 0 Å². The van der Waals surface area contributed by atoms with Gasteiger partial charge in [-0.25, -0.2) is 0 Å². The first kappa shape index (κ1) is 12.5. The molecule has 2 fully saturated rings. The summed E-state index contributed by atoms with van der Waals surface area (Å²) in [5.41, 5.74) is 1.39. The van der Waals surface area contributed by atoms with Crippen LogP contribution in [0.4, 0.5) is 0 Å². The predicted molar refractivity (Wildman–Crippen MR) is 75.9 cm³/mol. The molecular weight excluding hydrogens is 244 g/mol. The minimum absolute atomic E-state index is 0.773. The maximum Gasteiger partial charge on any atom is 0.0406 e. The monoisotopic (exact) mass is 264 g/mol. The van der Waals surface area contributed by atoms with Gasteiger partial charge in [0, 0.05) is 23.7 Å². The summed E-state index contributed by atoms with van der Waals surface area (Å²) >= 11 is 5.95. The van der Waals surface area contributed by atoms with Gasteiger partial charge in [0.1, 0.15) is 0 Å². The van der Waals surface area contributed by atoms with Crippen LogP contribution in [0.3, 0.4) is 0 Å². The lowest BCUT2D eigenvalue weighted by molar-refractivity contribution is 0.145. The van der Waals surface area contributed by atoms with E-state index in [2.05, 4.69) is 22.3 Å². The molecule has 1 aromatic carbocycles. The SMILES string of the molecule is Clc1ccc(CN(C2CCNCC2)C2CC2)cc1. The molecular formula is C15H21ClN2. The van der Waals surface area contributed by atoms with Gasteiger partial charge in [-0.15, -0.1) is 0 Å². The molecule has 18 heavy (non-hydrogen) atoms. The third-order valence-electron chi connectivity index (χ3n) is 4.07. The van der Waals surface area contributed by atoms with Crippen LogP contribution in [0.2, 0.25) is 5.02 Å². The van der Waals surface area contributed by atoms with Crippen molar-refractivity contribution in [2.24, 2.45) is 0 Å². The Morgan fingerprint density at radius 1 is 1.00 bits per heavy atom. The van der Waals surface area contributed by atoms with Gasteiger partial charge in [0.05, 0.1) is 0 Å². The van der Waals surface area contributed by atoms with Gasteiger partial charge in [0.15, 0.2) is 0 Å². The molecule has 2 aliphatic rings. The van der Waals surface area contributed by atoms with E-state index in [4.69, 9.17) is 11.6 Å². The fraction of sp³-hybridized carbons (Fsp3) is 0.600. The lowest BCUT2D eigenvalue weighted by Gasteiger charge is -2.35. The first-order valence-electron chi connectivity index (χ1n) is 7.04. The largest absolute Gasteiger partial charge is 0.317 e. The van der Waals surface area contributed by atoms with Crippen molar-refractivity contribution in [1.82, 2.24) is 10.2 Å². The Hall–Kier alpha value is -0.570. The molecule has 1 saturated carbocycles. The summed E-state index contributed by atoms with van der Waals surface area (Å²) in [6.45, 7) is 3.44. The lowest BCUT2D eigenvalue weighted by Crippen LogP contribution is -2.43. The summed E-state index contributed by atoms with van der Waals surface area (Å²) in [6, 6.07) is 9.95. The van der Waals surface area contributed by atoms with E-state index < -0.39 is 0 Å². The van der Waals surface area contributed by atoms with E-state index in [0.717, 1.165) is 23.7 Å². The number of hydrogen-bond acceptors (Lipinski definition) is 2. The van der Waals surface area contributed by atoms with Crippen molar-refractivity contribution in [2.75, 3.05) is 13.1 Å². The third-order valence-corrected chi connectivity index (χ3v) is 4.32. The average Bonchev–Trinajstić information content (AvgIpc) is 3.23. The van der Waals surface area contributed by atoms with E-state index in [0.29, 0.717) is 0 Å². The molecule has 3 rings (SSSR count). The van der Waals surface area contributed by atoms with Crippen molar-refractivity contribution in [3.8, 4) is 0 Å². The van der Waals surface area contributed by atoms with Crippen LogP contribution in [0.5, 0.6) is 0 Å². The van der Waals surface area contributed by atoms with Gasteiger partial charge in [0.2, 0.25) is 0 Å². The zero-order valence-electron chi connectivity index (χ0n) is 10.7. The topological polar surface area (TPSA) is 15.3 Å². The summed E-state index contributed by atoms with van der Waals surface area (Å²) in [4.78, 5) is 2.73. The second-order valence-corrected chi connectivity index (χ2v) is 5.95. The molecule has 98 valence electrons. The van der Waals surface area contributed by atoms with E-state index in [1.165, 1.54) is 44.3 Å². The molecule has 3 heteroatoms. The second kappa shape index (κ2) is 5.60. The maximum atomic E-state index is 5.95. The minimum Gasteiger partial charge on any atom is -0.317 e. The zero-order valence-corrected chi connectivity index (χ0v) is 11.5. The van der Waals surface area contributed by atoms with Gasteiger partial charge >= 0.3 is 0 Å². The molecule has 1 N–H and O–H groups in total. The summed E-state index contributed by atoms with van der Waals surface area (Å²) in [7, 11) is 0. The normalized spacial score (nSPS) is 21.4. The van der Waals surface area contributed by atoms with Gasteiger partial charge in [-0.05, 0) is 56.5 Å². The number of nitrogens with one attached hydrogen (secondary N) is 1. The minimum atomic E-state index is 0.773. The number of piperidine rings is 1. The van der Waals surface area contributed by atoms with Crippen LogP contribution >= 0.6 is 11.6 Å². The second-order valence-electron chi connectivity index (χ2n) is 5.51. The standard InChI is InChI=1S/C15H21ClN2/c16-13-3-1-12(2-4-13)11-18(14-5-6-14)15-7-9-17-10-8-15/h1-4,14-15,17H,5-11H2. The molecule has 0 spiro atoms. The van der Waals surface area contributed by atoms with Gasteiger partial charge in [-0.2, -0.15) is 0 Å². The molecule has 0 aromatic heterocycles. The number of nitrogens with zero attached hydrogens (tertiary/aromatic N) is 1. The van der Waals surface area contributed by atoms with Crippen LogP contribution < -0.4 is 5.32 Å². The van der Waals surface area contributed by atoms with Gasteiger partial charge < -0.3 is 5.32 Å². The quantitative estimate of drug-likeness (QED) is 0.899. The van der Waals surface area contributed by atoms with Crippen molar-refractivity contribution in [3.05, 3.63) is 34.9 Å². The first-order chi connectivity index (χ1) is 8.83. The van der Waals surface area contributed by atoms with Crippen LogP contribution in [-0.4, -0.2) is 30.1 Å².